The van der Waals surface area contributed by atoms with Gasteiger partial charge in [-0.05, 0) is 37.9 Å². The number of hydrazine groups is 1. The van der Waals surface area contributed by atoms with Crippen molar-refractivity contribution in [3.05, 3.63) is 12.7 Å². The van der Waals surface area contributed by atoms with Gasteiger partial charge in [0.05, 0.1) is 0 Å². The van der Waals surface area contributed by atoms with Crippen LogP contribution in [0.4, 0.5) is 4.79 Å². The summed E-state index contributed by atoms with van der Waals surface area (Å²) in [5.41, 5.74) is 0. The number of unbranched alkanes of at least 4 members (excludes halogenated alkanes) is 3. The monoisotopic (exact) mass is 246 g/mol. The molecule has 0 rings (SSSR count). The van der Waals surface area contributed by atoms with Gasteiger partial charge in [0.2, 0.25) is 7.98 Å². The Hall–Kier alpha value is -0.475. The third kappa shape index (κ3) is 10.1. The molecule has 0 aliphatic heterocycles. The van der Waals surface area contributed by atoms with Crippen molar-refractivity contribution in [2.75, 3.05) is 13.6 Å². The van der Waals surface area contributed by atoms with Crippen molar-refractivity contribution in [2.45, 2.75) is 40.5 Å². The second-order valence-corrected chi connectivity index (χ2v) is 3.41. The SMILES string of the molecule is C.C.[B]N(C)N(CCCCCC=C)C(=O)Cl. The zero-order valence-electron chi connectivity index (χ0n) is 8.58. The molecule has 1 amide bonds. The molecule has 0 N–H and O–H groups in total. The number of hydrogen-bond acceptors (Lipinski definition) is 2. The van der Waals surface area contributed by atoms with Crippen LogP contribution in [-0.2, 0) is 0 Å². The van der Waals surface area contributed by atoms with E-state index in [0.29, 0.717) is 6.54 Å². The highest BCUT2D eigenvalue weighted by molar-refractivity contribution is 6.62. The zero-order chi connectivity index (χ0) is 11.0. The summed E-state index contributed by atoms with van der Waals surface area (Å²) in [4.78, 5) is 12.1. The van der Waals surface area contributed by atoms with Gasteiger partial charge in [-0.15, -0.1) is 6.58 Å². The molecule has 0 saturated carbocycles. The van der Waals surface area contributed by atoms with Crippen molar-refractivity contribution in [2.24, 2.45) is 0 Å². The predicted octanol–water partition coefficient (Wildman–Crippen LogP) is 3.60. The van der Waals surface area contributed by atoms with Crippen molar-refractivity contribution in [3.8, 4) is 0 Å². The van der Waals surface area contributed by atoms with Crippen LogP contribution in [0.1, 0.15) is 40.5 Å². The van der Waals surface area contributed by atoms with Crippen molar-refractivity contribution < 1.29 is 4.79 Å². The highest BCUT2D eigenvalue weighted by Crippen LogP contribution is 2.05. The van der Waals surface area contributed by atoms with Gasteiger partial charge in [0.15, 0.2) is 0 Å². The molecule has 16 heavy (non-hydrogen) atoms. The van der Waals surface area contributed by atoms with Crippen molar-refractivity contribution in [1.82, 2.24) is 9.93 Å². The third-order valence-corrected chi connectivity index (χ3v) is 2.06. The molecule has 5 heteroatoms. The van der Waals surface area contributed by atoms with Gasteiger partial charge < -0.3 is 0 Å². The highest BCUT2D eigenvalue weighted by Gasteiger charge is 2.11. The normalized spacial score (nSPS) is 8.94. The van der Waals surface area contributed by atoms with E-state index in [9.17, 15) is 4.79 Å². The molecule has 0 unspecified atom stereocenters. The minimum absolute atomic E-state index is 0. The summed E-state index contributed by atoms with van der Waals surface area (Å²) in [6, 6.07) is 0. The summed E-state index contributed by atoms with van der Waals surface area (Å²) in [7, 11) is 7.00. The quantitative estimate of drug-likeness (QED) is 0.171. The van der Waals surface area contributed by atoms with E-state index in [1.54, 1.807) is 7.05 Å². The Balaban J connectivity index is -0.000000845. The Morgan fingerprint density at radius 2 is 1.94 bits per heavy atom. The molecule has 0 aliphatic rings. The molecule has 0 spiro atoms. The molecule has 0 aromatic carbocycles. The fourth-order valence-electron chi connectivity index (χ4n) is 1.10. The highest BCUT2D eigenvalue weighted by atomic mass is 35.5. The van der Waals surface area contributed by atoms with E-state index < -0.39 is 5.37 Å². The Bertz CT molecular complexity index is 189. The van der Waals surface area contributed by atoms with Crippen LogP contribution >= 0.6 is 11.6 Å². The van der Waals surface area contributed by atoms with E-state index in [1.807, 2.05) is 6.08 Å². The van der Waals surface area contributed by atoms with Gasteiger partial charge in [0, 0.05) is 6.54 Å². The van der Waals surface area contributed by atoms with Crippen LogP contribution in [-0.4, -0.2) is 36.9 Å². The van der Waals surface area contributed by atoms with E-state index in [1.165, 1.54) is 9.93 Å². The van der Waals surface area contributed by atoms with Gasteiger partial charge >= 0.3 is 5.37 Å². The number of nitrogens with zero attached hydrogens (tertiary/aromatic N) is 2. The van der Waals surface area contributed by atoms with Gasteiger partial charge in [-0.2, -0.15) is 0 Å². The van der Waals surface area contributed by atoms with Crippen LogP contribution < -0.4 is 0 Å². The van der Waals surface area contributed by atoms with E-state index >= 15 is 0 Å². The van der Waals surface area contributed by atoms with Gasteiger partial charge in [-0.25, -0.2) is 0 Å². The van der Waals surface area contributed by atoms with Crippen LogP contribution in [0.15, 0.2) is 12.7 Å². The number of halogens is 1. The molecule has 3 nitrogen and oxygen atoms in total. The van der Waals surface area contributed by atoms with Crippen LogP contribution in [0, 0.1) is 0 Å². The number of hydrogen-bond donors (Lipinski definition) is 0. The molecule has 2 radical (unpaired) electrons. The summed E-state index contributed by atoms with van der Waals surface area (Å²) in [5.74, 6) is 0. The maximum atomic E-state index is 10.9. The van der Waals surface area contributed by atoms with Crippen LogP contribution in [0.2, 0.25) is 0 Å². The minimum atomic E-state index is -0.543. The van der Waals surface area contributed by atoms with Crippen LogP contribution in [0.25, 0.3) is 0 Å². The first-order valence-electron chi connectivity index (χ1n) is 4.65. The Morgan fingerprint density at radius 3 is 2.31 bits per heavy atom. The Kier molecular flexibility index (Phi) is 16.4. The number of carbonyl (C=O) groups excluding carboxylic acids is 1. The van der Waals surface area contributed by atoms with Crippen molar-refractivity contribution in [3.63, 3.8) is 0 Å². The average Bonchev–Trinajstić information content (AvgIpc) is 2.09. The summed E-state index contributed by atoms with van der Waals surface area (Å²) < 4.78 is 0. The number of rotatable bonds is 7. The van der Waals surface area contributed by atoms with Crippen molar-refractivity contribution >= 4 is 24.9 Å². The van der Waals surface area contributed by atoms with Gasteiger partial charge in [-0.3, -0.25) is 14.7 Å². The molecule has 94 valence electrons. The maximum absolute atomic E-state index is 10.9. The minimum Gasteiger partial charge on any atom is -0.275 e. The van der Waals surface area contributed by atoms with Gasteiger partial charge in [-0.1, -0.05) is 27.4 Å². The smallest absolute Gasteiger partial charge is 0.275 e. The second-order valence-electron chi connectivity index (χ2n) is 3.09. The lowest BCUT2D eigenvalue weighted by atomic mass is 10.2. The van der Waals surface area contributed by atoms with E-state index in [4.69, 9.17) is 19.6 Å². The maximum Gasteiger partial charge on any atom is 0.329 e. The molecular weight excluding hydrogens is 222 g/mol. The van der Waals surface area contributed by atoms with Crippen LogP contribution in [0.3, 0.4) is 0 Å². The first kappa shape index (κ1) is 20.9. The Labute approximate surface area is 107 Å². The topological polar surface area (TPSA) is 23.6 Å². The summed E-state index contributed by atoms with van der Waals surface area (Å²) in [5, 5.41) is 0.758. The van der Waals surface area contributed by atoms with Gasteiger partial charge in [0.25, 0.3) is 0 Å². The third-order valence-electron chi connectivity index (χ3n) is 1.86. The molecule has 0 aliphatic carbocycles. The predicted molar refractivity (Wildman–Crippen MR) is 73.6 cm³/mol. The molecule has 0 saturated heterocycles. The largest absolute Gasteiger partial charge is 0.329 e. The molecule has 0 aromatic heterocycles. The average molecular weight is 247 g/mol. The number of allylic oxidation sites excluding steroid dienone is 1. The molecule has 0 atom stereocenters. The summed E-state index contributed by atoms with van der Waals surface area (Å²) in [6.45, 7) is 4.20. The molecular formula is C11H24BClN2O. The standard InChI is InChI=1S/C9H16BClN2O.2CH4/c1-3-4-5-6-7-8-13(9(11)14)12(2)10;;/h3H,1,4-8H2,2H3;2*1H4. The molecule has 0 heterocycles. The first-order chi connectivity index (χ1) is 6.59. The lowest BCUT2D eigenvalue weighted by Crippen LogP contribution is -2.40. The molecule has 0 aromatic rings. The molecule has 0 bridgehead atoms. The fraction of sp³-hybridized carbons (Fsp3) is 0.727. The number of amides is 1. The molecule has 0 fully saturated rings. The zero-order valence-corrected chi connectivity index (χ0v) is 9.33. The van der Waals surface area contributed by atoms with E-state index in [2.05, 4.69) is 6.58 Å². The summed E-state index contributed by atoms with van der Waals surface area (Å²) in [6.07, 6.45) is 5.92. The van der Waals surface area contributed by atoms with E-state index in [0.717, 1.165) is 25.7 Å². The Morgan fingerprint density at radius 1 is 1.38 bits per heavy atom. The fourth-order valence-corrected chi connectivity index (χ4v) is 1.30. The van der Waals surface area contributed by atoms with Crippen molar-refractivity contribution in [1.29, 1.82) is 0 Å². The van der Waals surface area contributed by atoms with E-state index in [-0.39, 0.29) is 14.9 Å². The number of carbonyl (C=O) groups is 1. The van der Waals surface area contributed by atoms with Crippen LogP contribution in [0.5, 0.6) is 0 Å². The first-order valence-corrected chi connectivity index (χ1v) is 5.03. The lowest BCUT2D eigenvalue weighted by Gasteiger charge is -2.27. The van der Waals surface area contributed by atoms with Gasteiger partial charge in [0.1, 0.15) is 0 Å². The summed E-state index contributed by atoms with van der Waals surface area (Å²) >= 11 is 5.33. The second kappa shape index (κ2) is 12.6. The lowest BCUT2D eigenvalue weighted by molar-refractivity contribution is 0.130.